The van der Waals surface area contributed by atoms with E-state index in [0.29, 0.717) is 12.1 Å². The fourth-order valence-corrected chi connectivity index (χ4v) is 2.05. The van der Waals surface area contributed by atoms with Gasteiger partial charge in [0.15, 0.2) is 0 Å². The minimum atomic E-state index is -0.281. The average molecular weight is 232 g/mol. The predicted molar refractivity (Wildman–Crippen MR) is 68.5 cm³/mol. The molecule has 0 spiro atoms. The molecule has 0 saturated heterocycles. The molecule has 2 nitrogen and oxygen atoms in total. The zero-order chi connectivity index (χ0) is 12.6. The SMILES string of the molecule is Cc1cc2cccc(F)c2nc1C(C)(C)CN. The highest BCUT2D eigenvalue weighted by atomic mass is 19.1. The van der Waals surface area contributed by atoms with Crippen LogP contribution in [-0.4, -0.2) is 11.5 Å². The van der Waals surface area contributed by atoms with Crippen molar-refractivity contribution in [2.75, 3.05) is 6.54 Å². The topological polar surface area (TPSA) is 38.9 Å². The maximum atomic E-state index is 13.7. The fourth-order valence-electron chi connectivity index (χ4n) is 2.05. The molecule has 3 heteroatoms. The van der Waals surface area contributed by atoms with Crippen LogP contribution in [0.2, 0.25) is 0 Å². The predicted octanol–water partition coefficient (Wildman–Crippen LogP) is 2.92. The number of hydrogen-bond acceptors (Lipinski definition) is 2. The molecule has 0 aliphatic heterocycles. The molecular weight excluding hydrogens is 215 g/mol. The second-order valence-corrected chi connectivity index (χ2v) is 5.05. The molecule has 1 heterocycles. The third-order valence-electron chi connectivity index (χ3n) is 3.14. The van der Waals surface area contributed by atoms with E-state index in [0.717, 1.165) is 16.6 Å². The molecular formula is C14H17FN2. The Labute approximate surface area is 101 Å². The van der Waals surface area contributed by atoms with Crippen molar-refractivity contribution in [3.8, 4) is 0 Å². The van der Waals surface area contributed by atoms with Gasteiger partial charge in [0.2, 0.25) is 0 Å². The molecule has 1 aromatic heterocycles. The molecule has 90 valence electrons. The molecule has 0 aliphatic rings. The number of nitrogens with zero attached hydrogens (tertiary/aromatic N) is 1. The molecule has 0 radical (unpaired) electrons. The van der Waals surface area contributed by atoms with Crippen LogP contribution in [-0.2, 0) is 5.41 Å². The lowest BCUT2D eigenvalue weighted by Gasteiger charge is -2.24. The van der Waals surface area contributed by atoms with Crippen LogP contribution in [0, 0.1) is 12.7 Å². The molecule has 0 bridgehead atoms. The van der Waals surface area contributed by atoms with Crippen molar-refractivity contribution in [1.29, 1.82) is 0 Å². The zero-order valence-corrected chi connectivity index (χ0v) is 10.4. The van der Waals surface area contributed by atoms with Crippen LogP contribution in [0.3, 0.4) is 0 Å². The van der Waals surface area contributed by atoms with E-state index in [1.54, 1.807) is 6.07 Å². The first kappa shape index (κ1) is 12.0. The molecule has 2 aromatic rings. The van der Waals surface area contributed by atoms with Gasteiger partial charge >= 0.3 is 0 Å². The largest absolute Gasteiger partial charge is 0.330 e. The van der Waals surface area contributed by atoms with Gasteiger partial charge in [-0.25, -0.2) is 9.37 Å². The van der Waals surface area contributed by atoms with E-state index in [9.17, 15) is 4.39 Å². The third-order valence-corrected chi connectivity index (χ3v) is 3.14. The highest BCUT2D eigenvalue weighted by molar-refractivity contribution is 5.80. The Morgan fingerprint density at radius 3 is 2.71 bits per heavy atom. The first-order valence-electron chi connectivity index (χ1n) is 5.72. The Hall–Kier alpha value is -1.48. The minimum Gasteiger partial charge on any atom is -0.330 e. The quantitative estimate of drug-likeness (QED) is 0.864. The smallest absolute Gasteiger partial charge is 0.149 e. The highest BCUT2D eigenvalue weighted by Crippen LogP contribution is 2.27. The first-order valence-corrected chi connectivity index (χ1v) is 5.72. The van der Waals surface area contributed by atoms with E-state index in [4.69, 9.17) is 5.73 Å². The van der Waals surface area contributed by atoms with Gasteiger partial charge in [-0.3, -0.25) is 0 Å². The van der Waals surface area contributed by atoms with Crippen molar-refractivity contribution < 1.29 is 4.39 Å². The maximum Gasteiger partial charge on any atom is 0.149 e. The summed E-state index contributed by atoms with van der Waals surface area (Å²) in [5.41, 5.74) is 7.87. The maximum absolute atomic E-state index is 13.7. The van der Waals surface area contributed by atoms with E-state index in [-0.39, 0.29) is 11.2 Å². The van der Waals surface area contributed by atoms with Crippen molar-refractivity contribution in [2.45, 2.75) is 26.2 Å². The second kappa shape index (κ2) is 4.08. The molecule has 1 aromatic carbocycles. The van der Waals surface area contributed by atoms with E-state index in [2.05, 4.69) is 4.98 Å². The number of fused-ring (bicyclic) bond motifs is 1. The van der Waals surface area contributed by atoms with E-state index in [1.807, 2.05) is 32.9 Å². The molecule has 0 atom stereocenters. The van der Waals surface area contributed by atoms with Crippen LogP contribution in [0.15, 0.2) is 24.3 Å². The summed E-state index contributed by atoms with van der Waals surface area (Å²) in [6, 6.07) is 6.98. The molecule has 0 saturated carbocycles. The molecule has 0 fully saturated rings. The number of aromatic nitrogens is 1. The van der Waals surface area contributed by atoms with Crippen LogP contribution in [0.4, 0.5) is 4.39 Å². The van der Waals surface area contributed by atoms with Crippen molar-refractivity contribution in [1.82, 2.24) is 4.98 Å². The Bertz CT molecular complexity index is 561. The van der Waals surface area contributed by atoms with Crippen LogP contribution < -0.4 is 5.73 Å². The Balaban J connectivity index is 2.74. The summed E-state index contributed by atoms with van der Waals surface area (Å²) in [6.07, 6.45) is 0. The van der Waals surface area contributed by atoms with E-state index >= 15 is 0 Å². The normalized spacial score (nSPS) is 12.1. The lowest BCUT2D eigenvalue weighted by Crippen LogP contribution is -2.30. The Morgan fingerprint density at radius 1 is 1.35 bits per heavy atom. The van der Waals surface area contributed by atoms with E-state index in [1.165, 1.54) is 6.07 Å². The molecule has 2 N–H and O–H groups in total. The van der Waals surface area contributed by atoms with Crippen LogP contribution in [0.1, 0.15) is 25.1 Å². The van der Waals surface area contributed by atoms with E-state index < -0.39 is 0 Å². The monoisotopic (exact) mass is 232 g/mol. The van der Waals surface area contributed by atoms with Crippen molar-refractivity contribution in [3.63, 3.8) is 0 Å². The average Bonchev–Trinajstić information content (AvgIpc) is 2.28. The fraction of sp³-hybridized carbons (Fsp3) is 0.357. The Morgan fingerprint density at radius 2 is 2.06 bits per heavy atom. The zero-order valence-electron chi connectivity index (χ0n) is 10.4. The number of nitrogens with two attached hydrogens (primary N) is 1. The van der Waals surface area contributed by atoms with Crippen LogP contribution in [0.25, 0.3) is 10.9 Å². The summed E-state index contributed by atoms with van der Waals surface area (Å²) in [5.74, 6) is -0.281. The van der Waals surface area contributed by atoms with Gasteiger partial charge in [0.1, 0.15) is 11.3 Å². The van der Waals surface area contributed by atoms with Crippen molar-refractivity contribution >= 4 is 10.9 Å². The summed E-state index contributed by atoms with van der Waals surface area (Å²) in [6.45, 7) is 6.52. The van der Waals surface area contributed by atoms with Gasteiger partial charge in [0.05, 0.1) is 5.69 Å². The van der Waals surface area contributed by atoms with Gasteiger partial charge in [0, 0.05) is 17.3 Å². The van der Waals surface area contributed by atoms with Gasteiger partial charge in [-0.2, -0.15) is 0 Å². The summed E-state index contributed by atoms with van der Waals surface area (Å²) < 4.78 is 13.7. The first-order chi connectivity index (χ1) is 7.95. The number of rotatable bonds is 2. The van der Waals surface area contributed by atoms with Crippen molar-refractivity contribution in [3.05, 3.63) is 41.3 Å². The number of pyridine rings is 1. The second-order valence-electron chi connectivity index (χ2n) is 5.05. The van der Waals surface area contributed by atoms with Gasteiger partial charge in [-0.05, 0) is 24.6 Å². The highest BCUT2D eigenvalue weighted by Gasteiger charge is 2.23. The number of aryl methyl sites for hydroxylation is 1. The summed E-state index contributed by atoms with van der Waals surface area (Å²) in [4.78, 5) is 4.46. The third kappa shape index (κ3) is 2.03. The van der Waals surface area contributed by atoms with Crippen molar-refractivity contribution in [2.24, 2.45) is 5.73 Å². The Kier molecular flexibility index (Phi) is 2.87. The molecule has 2 rings (SSSR count). The lowest BCUT2D eigenvalue weighted by atomic mass is 9.86. The van der Waals surface area contributed by atoms with Gasteiger partial charge in [-0.15, -0.1) is 0 Å². The van der Waals surface area contributed by atoms with Gasteiger partial charge in [-0.1, -0.05) is 26.0 Å². The summed E-state index contributed by atoms with van der Waals surface area (Å²) in [5, 5.41) is 0.832. The summed E-state index contributed by atoms with van der Waals surface area (Å²) >= 11 is 0. The number of halogens is 1. The standard InChI is InChI=1S/C14H17FN2/c1-9-7-10-5-4-6-11(15)12(10)17-13(9)14(2,3)8-16/h4-7H,8,16H2,1-3H3. The summed E-state index contributed by atoms with van der Waals surface area (Å²) in [7, 11) is 0. The number of benzene rings is 1. The van der Waals surface area contributed by atoms with Gasteiger partial charge in [0.25, 0.3) is 0 Å². The molecule has 0 amide bonds. The van der Waals surface area contributed by atoms with Crippen LogP contribution >= 0.6 is 0 Å². The molecule has 17 heavy (non-hydrogen) atoms. The number of para-hydroxylation sites is 1. The van der Waals surface area contributed by atoms with Crippen LogP contribution in [0.5, 0.6) is 0 Å². The number of hydrogen-bond donors (Lipinski definition) is 1. The lowest BCUT2D eigenvalue weighted by molar-refractivity contribution is 0.519. The minimum absolute atomic E-state index is 0.236. The molecule has 0 unspecified atom stereocenters. The molecule has 0 aliphatic carbocycles. The van der Waals surface area contributed by atoms with Gasteiger partial charge < -0.3 is 5.73 Å².